The number of likely N-dealkylation sites (N-methyl/N-ethyl adjacent to an activating group) is 1. The summed E-state index contributed by atoms with van der Waals surface area (Å²) in [6.07, 6.45) is 4.33. The maximum atomic E-state index is 5.36. The van der Waals surface area contributed by atoms with E-state index in [1.165, 1.54) is 25.8 Å². The molecule has 1 fully saturated rings. The third kappa shape index (κ3) is 4.09. The van der Waals surface area contributed by atoms with E-state index in [0.29, 0.717) is 18.2 Å². The molecule has 3 heteroatoms. The van der Waals surface area contributed by atoms with E-state index < -0.39 is 0 Å². The highest BCUT2D eigenvalue weighted by Crippen LogP contribution is 2.11. The Labute approximate surface area is 94.2 Å². The van der Waals surface area contributed by atoms with E-state index in [1.54, 1.807) is 7.11 Å². The van der Waals surface area contributed by atoms with Crippen LogP contribution in [0.3, 0.4) is 0 Å². The van der Waals surface area contributed by atoms with E-state index in [-0.39, 0.29) is 0 Å². The van der Waals surface area contributed by atoms with Gasteiger partial charge in [-0.05, 0) is 40.3 Å². The van der Waals surface area contributed by atoms with Gasteiger partial charge in [0.15, 0.2) is 0 Å². The van der Waals surface area contributed by atoms with Crippen LogP contribution in [-0.2, 0) is 4.74 Å². The lowest BCUT2D eigenvalue weighted by atomic mass is 10.0. The molecule has 0 spiro atoms. The van der Waals surface area contributed by atoms with Crippen LogP contribution in [0.15, 0.2) is 0 Å². The summed E-state index contributed by atoms with van der Waals surface area (Å²) in [6.45, 7) is 6.69. The smallest absolute Gasteiger partial charge is 0.0695 e. The number of nitrogens with one attached hydrogen (secondary N) is 1. The summed E-state index contributed by atoms with van der Waals surface area (Å²) in [5.74, 6) is 0. The summed E-state index contributed by atoms with van der Waals surface area (Å²) >= 11 is 0. The Morgan fingerprint density at radius 3 is 2.67 bits per heavy atom. The van der Waals surface area contributed by atoms with Gasteiger partial charge in [0.2, 0.25) is 0 Å². The van der Waals surface area contributed by atoms with E-state index in [1.807, 2.05) is 0 Å². The third-order valence-corrected chi connectivity index (χ3v) is 3.67. The second-order valence-corrected chi connectivity index (χ2v) is 4.77. The van der Waals surface area contributed by atoms with Gasteiger partial charge >= 0.3 is 0 Å². The van der Waals surface area contributed by atoms with Crippen molar-refractivity contribution in [3.63, 3.8) is 0 Å². The predicted molar refractivity (Wildman–Crippen MR) is 64.2 cm³/mol. The Kier molecular flexibility index (Phi) is 5.58. The zero-order chi connectivity index (χ0) is 11.3. The summed E-state index contributed by atoms with van der Waals surface area (Å²) < 4.78 is 5.36. The monoisotopic (exact) mass is 214 g/mol. The fourth-order valence-electron chi connectivity index (χ4n) is 2.15. The molecule has 90 valence electrons. The summed E-state index contributed by atoms with van der Waals surface area (Å²) in [4.78, 5) is 2.40. The predicted octanol–water partition coefficient (Wildman–Crippen LogP) is 1.48. The van der Waals surface area contributed by atoms with Crippen LogP contribution < -0.4 is 5.32 Å². The number of hydrogen-bond acceptors (Lipinski definition) is 3. The summed E-state index contributed by atoms with van der Waals surface area (Å²) in [7, 11) is 3.98. The number of hydrogen-bond donors (Lipinski definition) is 1. The van der Waals surface area contributed by atoms with Crippen molar-refractivity contribution in [1.82, 2.24) is 10.2 Å². The molecule has 0 amide bonds. The Hall–Kier alpha value is -0.120. The summed E-state index contributed by atoms with van der Waals surface area (Å²) in [6, 6.07) is 1.16. The van der Waals surface area contributed by atoms with E-state index in [9.17, 15) is 0 Å². The Bertz CT molecular complexity index is 169. The first-order valence-electron chi connectivity index (χ1n) is 6.11. The first-order valence-corrected chi connectivity index (χ1v) is 6.11. The van der Waals surface area contributed by atoms with Crippen molar-refractivity contribution in [2.75, 3.05) is 27.2 Å². The molecule has 3 nitrogen and oxygen atoms in total. The second-order valence-electron chi connectivity index (χ2n) is 4.77. The highest BCUT2D eigenvalue weighted by Gasteiger charge is 2.20. The number of piperidine rings is 1. The average molecular weight is 214 g/mol. The van der Waals surface area contributed by atoms with Gasteiger partial charge in [0.05, 0.1) is 6.10 Å². The fourth-order valence-corrected chi connectivity index (χ4v) is 2.15. The standard InChI is InChI=1S/C12H26N2O/c1-10(11(2)15-4)14(3)9-12-7-5-6-8-13-12/h10-13H,5-9H2,1-4H3. The molecule has 1 aliphatic rings. The zero-order valence-electron chi connectivity index (χ0n) is 10.6. The van der Waals surface area contributed by atoms with Crippen molar-refractivity contribution in [2.24, 2.45) is 0 Å². The van der Waals surface area contributed by atoms with Gasteiger partial charge in [-0.15, -0.1) is 0 Å². The molecule has 0 bridgehead atoms. The average Bonchev–Trinajstić information content (AvgIpc) is 2.28. The molecule has 1 N–H and O–H groups in total. The van der Waals surface area contributed by atoms with Gasteiger partial charge in [-0.1, -0.05) is 6.42 Å². The summed E-state index contributed by atoms with van der Waals surface area (Å²) in [5, 5.41) is 3.58. The lowest BCUT2D eigenvalue weighted by molar-refractivity contribution is 0.0394. The molecule has 1 heterocycles. The molecule has 0 aromatic rings. The Balaban J connectivity index is 2.29. The van der Waals surface area contributed by atoms with Crippen LogP contribution in [0.5, 0.6) is 0 Å². The minimum absolute atomic E-state index is 0.304. The highest BCUT2D eigenvalue weighted by atomic mass is 16.5. The van der Waals surface area contributed by atoms with Gasteiger partial charge in [-0.25, -0.2) is 0 Å². The number of rotatable bonds is 5. The van der Waals surface area contributed by atoms with Crippen LogP contribution >= 0.6 is 0 Å². The minimum atomic E-state index is 0.304. The molecule has 0 saturated carbocycles. The zero-order valence-corrected chi connectivity index (χ0v) is 10.6. The topological polar surface area (TPSA) is 24.5 Å². The minimum Gasteiger partial charge on any atom is -0.380 e. The molecule has 3 unspecified atom stereocenters. The van der Waals surface area contributed by atoms with Crippen molar-refractivity contribution in [2.45, 2.75) is 51.3 Å². The maximum absolute atomic E-state index is 5.36. The van der Waals surface area contributed by atoms with Crippen molar-refractivity contribution >= 4 is 0 Å². The molecule has 1 aliphatic heterocycles. The number of ether oxygens (including phenoxy) is 1. The highest BCUT2D eigenvalue weighted by molar-refractivity contribution is 4.78. The van der Waals surface area contributed by atoms with E-state index in [2.05, 4.69) is 31.1 Å². The molecule has 0 aliphatic carbocycles. The number of methoxy groups -OCH3 is 1. The van der Waals surface area contributed by atoms with Gasteiger partial charge in [0, 0.05) is 25.7 Å². The van der Waals surface area contributed by atoms with Crippen LogP contribution in [0.4, 0.5) is 0 Å². The quantitative estimate of drug-likeness (QED) is 0.750. The maximum Gasteiger partial charge on any atom is 0.0695 e. The van der Waals surface area contributed by atoms with Gasteiger partial charge < -0.3 is 10.1 Å². The first kappa shape index (κ1) is 12.9. The van der Waals surface area contributed by atoms with Crippen molar-refractivity contribution in [3.8, 4) is 0 Å². The molecule has 0 radical (unpaired) electrons. The van der Waals surface area contributed by atoms with Crippen LogP contribution in [0, 0.1) is 0 Å². The largest absolute Gasteiger partial charge is 0.380 e. The van der Waals surface area contributed by atoms with Crippen molar-refractivity contribution in [1.29, 1.82) is 0 Å². The normalized spacial score (nSPS) is 26.6. The van der Waals surface area contributed by atoms with Gasteiger partial charge in [0.25, 0.3) is 0 Å². The molecule has 1 rings (SSSR count). The number of nitrogens with zero attached hydrogens (tertiary/aromatic N) is 1. The summed E-state index contributed by atoms with van der Waals surface area (Å²) in [5.41, 5.74) is 0. The SMILES string of the molecule is COC(C)C(C)N(C)CC1CCCCN1. The van der Waals surface area contributed by atoms with Gasteiger partial charge in [-0.2, -0.15) is 0 Å². The molecule has 1 saturated heterocycles. The Morgan fingerprint density at radius 1 is 1.40 bits per heavy atom. The first-order chi connectivity index (χ1) is 7.15. The molecule has 0 aromatic carbocycles. The van der Waals surface area contributed by atoms with Crippen molar-refractivity contribution < 1.29 is 4.74 Å². The fraction of sp³-hybridized carbons (Fsp3) is 1.00. The van der Waals surface area contributed by atoms with E-state index in [4.69, 9.17) is 4.74 Å². The van der Waals surface area contributed by atoms with Crippen LogP contribution in [-0.4, -0.2) is 50.3 Å². The molecule has 15 heavy (non-hydrogen) atoms. The van der Waals surface area contributed by atoms with Crippen LogP contribution in [0.1, 0.15) is 33.1 Å². The molecular formula is C12H26N2O. The molecular weight excluding hydrogens is 188 g/mol. The Morgan fingerprint density at radius 2 is 2.13 bits per heavy atom. The molecule has 0 aromatic heterocycles. The lowest BCUT2D eigenvalue weighted by Gasteiger charge is -2.33. The van der Waals surface area contributed by atoms with Gasteiger partial charge in [-0.3, -0.25) is 4.90 Å². The van der Waals surface area contributed by atoms with Crippen LogP contribution in [0.2, 0.25) is 0 Å². The lowest BCUT2D eigenvalue weighted by Crippen LogP contribution is -2.47. The van der Waals surface area contributed by atoms with Crippen LogP contribution in [0.25, 0.3) is 0 Å². The van der Waals surface area contributed by atoms with E-state index in [0.717, 1.165) is 6.54 Å². The second kappa shape index (κ2) is 6.46. The van der Waals surface area contributed by atoms with Crippen molar-refractivity contribution in [3.05, 3.63) is 0 Å². The molecule has 3 atom stereocenters. The van der Waals surface area contributed by atoms with Gasteiger partial charge in [0.1, 0.15) is 0 Å². The third-order valence-electron chi connectivity index (χ3n) is 3.67. The van der Waals surface area contributed by atoms with E-state index >= 15 is 0 Å².